The van der Waals surface area contributed by atoms with E-state index in [-0.39, 0.29) is 5.91 Å². The fraction of sp³-hybridized carbons (Fsp3) is 0.294. The molecule has 0 atom stereocenters. The molecule has 3 nitrogen and oxygen atoms in total. The number of aromatic nitrogens is 1. The van der Waals surface area contributed by atoms with Crippen LogP contribution in [0.5, 0.6) is 0 Å². The predicted molar refractivity (Wildman–Crippen MR) is 80.6 cm³/mol. The van der Waals surface area contributed by atoms with E-state index in [2.05, 4.69) is 10.3 Å². The number of carbonyl (C=O) groups is 1. The molecule has 0 aliphatic rings. The molecule has 1 N–H and O–H groups in total. The molecule has 1 heterocycles. The second-order valence-electron chi connectivity index (χ2n) is 5.61. The summed E-state index contributed by atoms with van der Waals surface area (Å²) in [5.74, 6) is -0.0712. The maximum absolute atomic E-state index is 12.4. The average Bonchev–Trinajstić information content (AvgIpc) is 2.39. The van der Waals surface area contributed by atoms with Gasteiger partial charge in [-0.25, -0.2) is 0 Å². The molecule has 0 spiro atoms. The Kier molecular flexibility index (Phi) is 3.89. The van der Waals surface area contributed by atoms with Crippen molar-refractivity contribution in [3.63, 3.8) is 0 Å². The van der Waals surface area contributed by atoms with Crippen LogP contribution in [0.4, 0.5) is 0 Å². The Morgan fingerprint density at radius 1 is 1.15 bits per heavy atom. The van der Waals surface area contributed by atoms with Crippen molar-refractivity contribution in [2.75, 3.05) is 0 Å². The molecule has 2 aromatic rings. The van der Waals surface area contributed by atoms with Crippen LogP contribution >= 0.6 is 0 Å². The molecule has 0 saturated carbocycles. The van der Waals surface area contributed by atoms with E-state index >= 15 is 0 Å². The normalized spacial score (nSPS) is 11.2. The Labute approximate surface area is 120 Å². The van der Waals surface area contributed by atoms with E-state index in [0.717, 1.165) is 16.8 Å². The van der Waals surface area contributed by atoms with Crippen molar-refractivity contribution in [3.8, 4) is 0 Å². The number of benzene rings is 1. The first kappa shape index (κ1) is 14.3. The molecule has 1 amide bonds. The van der Waals surface area contributed by atoms with Crippen LogP contribution in [0.2, 0.25) is 0 Å². The Bertz CT molecular complexity index is 618. The van der Waals surface area contributed by atoms with Crippen molar-refractivity contribution >= 4 is 5.91 Å². The number of nitrogens with zero attached hydrogens (tertiary/aromatic N) is 1. The van der Waals surface area contributed by atoms with Gasteiger partial charge in [0, 0.05) is 11.8 Å². The molecular weight excluding hydrogens is 248 g/mol. The van der Waals surface area contributed by atoms with E-state index in [4.69, 9.17) is 0 Å². The fourth-order valence-corrected chi connectivity index (χ4v) is 2.22. The SMILES string of the molecule is Cc1ccc(C(=O)NC(C)(C)c2ccccn2)c(C)c1. The van der Waals surface area contributed by atoms with E-state index < -0.39 is 5.54 Å². The first-order valence-corrected chi connectivity index (χ1v) is 6.71. The Hall–Kier alpha value is -2.16. The monoisotopic (exact) mass is 268 g/mol. The topological polar surface area (TPSA) is 42.0 Å². The summed E-state index contributed by atoms with van der Waals surface area (Å²) >= 11 is 0. The summed E-state index contributed by atoms with van der Waals surface area (Å²) in [6.45, 7) is 7.88. The van der Waals surface area contributed by atoms with E-state index in [9.17, 15) is 4.79 Å². The van der Waals surface area contributed by atoms with E-state index in [1.807, 2.05) is 64.1 Å². The van der Waals surface area contributed by atoms with E-state index in [1.54, 1.807) is 6.20 Å². The lowest BCUT2D eigenvalue weighted by Gasteiger charge is -2.26. The molecule has 0 bridgehead atoms. The van der Waals surface area contributed by atoms with Crippen LogP contribution in [-0.4, -0.2) is 10.9 Å². The highest BCUT2D eigenvalue weighted by atomic mass is 16.1. The van der Waals surface area contributed by atoms with Crippen molar-refractivity contribution in [2.45, 2.75) is 33.2 Å². The standard InChI is InChI=1S/C17H20N2O/c1-12-8-9-14(13(2)11-12)16(20)19-17(3,4)15-7-5-6-10-18-15/h5-11H,1-4H3,(H,19,20). The smallest absolute Gasteiger partial charge is 0.252 e. The zero-order chi connectivity index (χ0) is 14.8. The second kappa shape index (κ2) is 5.45. The lowest BCUT2D eigenvalue weighted by atomic mass is 9.98. The summed E-state index contributed by atoms with van der Waals surface area (Å²) in [5.41, 5.74) is 3.19. The van der Waals surface area contributed by atoms with Crippen molar-refractivity contribution < 1.29 is 4.79 Å². The average molecular weight is 268 g/mol. The van der Waals surface area contributed by atoms with Gasteiger partial charge >= 0.3 is 0 Å². The molecule has 0 radical (unpaired) electrons. The van der Waals surface area contributed by atoms with Gasteiger partial charge in [0.05, 0.1) is 11.2 Å². The molecule has 0 aliphatic carbocycles. The third-order valence-electron chi connectivity index (χ3n) is 3.36. The van der Waals surface area contributed by atoms with Gasteiger partial charge < -0.3 is 5.32 Å². The largest absolute Gasteiger partial charge is 0.342 e. The predicted octanol–water partition coefficient (Wildman–Crippen LogP) is 3.36. The molecule has 0 aliphatic heterocycles. The molecule has 2 rings (SSSR count). The van der Waals surface area contributed by atoms with Crippen LogP contribution in [0.25, 0.3) is 0 Å². The first-order chi connectivity index (χ1) is 9.40. The molecule has 1 aromatic carbocycles. The minimum absolute atomic E-state index is 0.0712. The van der Waals surface area contributed by atoms with Gasteiger partial charge in [0.1, 0.15) is 0 Å². The zero-order valence-electron chi connectivity index (χ0n) is 12.4. The maximum atomic E-state index is 12.4. The molecule has 20 heavy (non-hydrogen) atoms. The summed E-state index contributed by atoms with van der Waals surface area (Å²) < 4.78 is 0. The minimum atomic E-state index is -0.504. The second-order valence-corrected chi connectivity index (χ2v) is 5.61. The number of carbonyl (C=O) groups excluding carboxylic acids is 1. The van der Waals surface area contributed by atoms with Gasteiger partial charge in [0.25, 0.3) is 5.91 Å². The minimum Gasteiger partial charge on any atom is -0.342 e. The fourth-order valence-electron chi connectivity index (χ4n) is 2.22. The summed E-state index contributed by atoms with van der Waals surface area (Å²) in [6, 6.07) is 11.5. The van der Waals surface area contributed by atoms with Gasteiger partial charge in [0.2, 0.25) is 0 Å². The highest BCUT2D eigenvalue weighted by molar-refractivity contribution is 5.96. The van der Waals surface area contributed by atoms with Gasteiger partial charge in [0.15, 0.2) is 0 Å². The van der Waals surface area contributed by atoms with Gasteiger partial charge in [-0.05, 0) is 51.5 Å². The van der Waals surface area contributed by atoms with Crippen LogP contribution in [0.1, 0.15) is 41.0 Å². The van der Waals surface area contributed by atoms with Crippen LogP contribution in [-0.2, 0) is 5.54 Å². The Balaban J connectivity index is 2.23. The van der Waals surface area contributed by atoms with Crippen LogP contribution in [0.15, 0.2) is 42.6 Å². The van der Waals surface area contributed by atoms with Crippen molar-refractivity contribution in [3.05, 3.63) is 65.0 Å². The number of nitrogens with one attached hydrogen (secondary N) is 1. The third-order valence-corrected chi connectivity index (χ3v) is 3.36. The first-order valence-electron chi connectivity index (χ1n) is 6.71. The number of amides is 1. The summed E-state index contributed by atoms with van der Waals surface area (Å²) in [7, 11) is 0. The Morgan fingerprint density at radius 3 is 2.50 bits per heavy atom. The molecule has 0 saturated heterocycles. The molecular formula is C17H20N2O. The summed E-state index contributed by atoms with van der Waals surface area (Å²) in [5, 5.41) is 3.05. The van der Waals surface area contributed by atoms with Gasteiger partial charge in [-0.3, -0.25) is 9.78 Å². The highest BCUT2D eigenvalue weighted by Crippen LogP contribution is 2.19. The summed E-state index contributed by atoms with van der Waals surface area (Å²) in [4.78, 5) is 16.7. The number of pyridine rings is 1. The van der Waals surface area contributed by atoms with Crippen molar-refractivity contribution in [1.29, 1.82) is 0 Å². The van der Waals surface area contributed by atoms with Crippen LogP contribution in [0, 0.1) is 13.8 Å². The van der Waals surface area contributed by atoms with Crippen molar-refractivity contribution in [1.82, 2.24) is 10.3 Å². The molecule has 1 aromatic heterocycles. The lowest BCUT2D eigenvalue weighted by molar-refractivity contribution is 0.0909. The quantitative estimate of drug-likeness (QED) is 0.927. The number of hydrogen-bond acceptors (Lipinski definition) is 2. The third kappa shape index (κ3) is 3.05. The van der Waals surface area contributed by atoms with Crippen LogP contribution < -0.4 is 5.32 Å². The number of aryl methyl sites for hydroxylation is 2. The molecule has 0 unspecified atom stereocenters. The lowest BCUT2D eigenvalue weighted by Crippen LogP contribution is -2.41. The Morgan fingerprint density at radius 2 is 1.90 bits per heavy atom. The van der Waals surface area contributed by atoms with E-state index in [0.29, 0.717) is 5.56 Å². The van der Waals surface area contributed by atoms with Crippen molar-refractivity contribution in [2.24, 2.45) is 0 Å². The van der Waals surface area contributed by atoms with Gasteiger partial charge in [-0.15, -0.1) is 0 Å². The van der Waals surface area contributed by atoms with Gasteiger partial charge in [-0.2, -0.15) is 0 Å². The van der Waals surface area contributed by atoms with Crippen LogP contribution in [0.3, 0.4) is 0 Å². The highest BCUT2D eigenvalue weighted by Gasteiger charge is 2.25. The molecule has 0 fully saturated rings. The number of rotatable bonds is 3. The van der Waals surface area contributed by atoms with E-state index in [1.165, 1.54) is 0 Å². The number of hydrogen-bond donors (Lipinski definition) is 1. The maximum Gasteiger partial charge on any atom is 0.252 e. The van der Waals surface area contributed by atoms with Gasteiger partial charge in [-0.1, -0.05) is 23.8 Å². The molecule has 104 valence electrons. The zero-order valence-corrected chi connectivity index (χ0v) is 12.4. The summed E-state index contributed by atoms with van der Waals surface area (Å²) in [6.07, 6.45) is 1.74. The molecule has 3 heteroatoms.